The van der Waals surface area contributed by atoms with E-state index < -0.39 is 12.0 Å². The highest BCUT2D eigenvalue weighted by Gasteiger charge is 2.46. The van der Waals surface area contributed by atoms with Crippen LogP contribution in [0.4, 0.5) is 5.69 Å². The van der Waals surface area contributed by atoms with E-state index in [0.29, 0.717) is 18.9 Å². The first-order valence-corrected chi connectivity index (χ1v) is 9.02. The van der Waals surface area contributed by atoms with Gasteiger partial charge in [-0.3, -0.25) is 14.5 Å². The molecule has 1 amide bonds. The molecule has 1 saturated carbocycles. The van der Waals surface area contributed by atoms with E-state index in [1.54, 1.807) is 0 Å². The van der Waals surface area contributed by atoms with Crippen LogP contribution in [0, 0.1) is 5.92 Å². The molecule has 1 saturated heterocycles. The molecule has 2 fully saturated rings. The maximum absolute atomic E-state index is 12.9. The normalized spacial score (nSPS) is 29.3. The van der Waals surface area contributed by atoms with Crippen LogP contribution in [-0.4, -0.2) is 47.1 Å². The van der Waals surface area contributed by atoms with Gasteiger partial charge in [0, 0.05) is 18.3 Å². The van der Waals surface area contributed by atoms with Gasteiger partial charge in [0.1, 0.15) is 6.04 Å². The Kier molecular flexibility index (Phi) is 4.04. The molecule has 3 aliphatic rings. The van der Waals surface area contributed by atoms with Crippen molar-refractivity contribution in [2.45, 2.75) is 50.6 Å². The highest BCUT2D eigenvalue weighted by Crippen LogP contribution is 2.40. The number of benzene rings is 1. The van der Waals surface area contributed by atoms with E-state index in [1.165, 1.54) is 12.0 Å². The monoisotopic (exact) mass is 328 g/mol. The van der Waals surface area contributed by atoms with Gasteiger partial charge in [0.2, 0.25) is 5.91 Å². The predicted octanol–water partition coefficient (Wildman–Crippen LogP) is 2.29. The number of nitrogens with zero attached hydrogens (tertiary/aromatic N) is 2. The number of anilines is 1. The summed E-state index contributed by atoms with van der Waals surface area (Å²) in [5.41, 5.74) is 2.20. The minimum Gasteiger partial charge on any atom is -0.480 e. The number of carbonyl (C=O) groups excluding carboxylic acids is 1. The molecule has 0 unspecified atom stereocenters. The molecular formula is C19H24N2O3. The van der Waals surface area contributed by atoms with E-state index in [9.17, 15) is 14.7 Å². The minimum atomic E-state index is -0.779. The van der Waals surface area contributed by atoms with Gasteiger partial charge in [-0.25, -0.2) is 0 Å². The van der Waals surface area contributed by atoms with Crippen LogP contribution in [-0.2, 0) is 16.0 Å². The Bertz CT molecular complexity index is 660. The van der Waals surface area contributed by atoms with Crippen molar-refractivity contribution in [2.24, 2.45) is 5.92 Å². The molecule has 0 aromatic heterocycles. The van der Waals surface area contributed by atoms with Crippen molar-refractivity contribution in [1.29, 1.82) is 0 Å². The van der Waals surface area contributed by atoms with Crippen molar-refractivity contribution in [3.63, 3.8) is 0 Å². The van der Waals surface area contributed by atoms with E-state index in [4.69, 9.17) is 0 Å². The molecule has 24 heavy (non-hydrogen) atoms. The van der Waals surface area contributed by atoms with Crippen LogP contribution in [0.3, 0.4) is 0 Å². The Morgan fingerprint density at radius 2 is 1.96 bits per heavy atom. The van der Waals surface area contributed by atoms with Crippen molar-refractivity contribution in [3.05, 3.63) is 29.8 Å². The zero-order valence-electron chi connectivity index (χ0n) is 13.9. The summed E-state index contributed by atoms with van der Waals surface area (Å²) in [4.78, 5) is 28.4. The third-order valence-electron chi connectivity index (χ3n) is 6.01. The third-order valence-corrected chi connectivity index (χ3v) is 6.01. The van der Waals surface area contributed by atoms with Crippen molar-refractivity contribution in [1.82, 2.24) is 4.90 Å². The number of amides is 1. The Balaban J connectivity index is 1.53. The lowest BCUT2D eigenvalue weighted by Gasteiger charge is -2.33. The highest BCUT2D eigenvalue weighted by molar-refractivity contribution is 5.97. The summed E-state index contributed by atoms with van der Waals surface area (Å²) in [7, 11) is 0. The van der Waals surface area contributed by atoms with Crippen LogP contribution in [0.2, 0.25) is 0 Å². The van der Waals surface area contributed by atoms with Gasteiger partial charge in [-0.15, -0.1) is 0 Å². The highest BCUT2D eigenvalue weighted by atomic mass is 16.4. The number of hydrogen-bond acceptors (Lipinski definition) is 3. The number of aliphatic carboxylic acids is 1. The first-order chi connectivity index (χ1) is 11.6. The molecule has 0 bridgehead atoms. The van der Waals surface area contributed by atoms with Crippen LogP contribution >= 0.6 is 0 Å². The molecule has 2 aliphatic heterocycles. The predicted molar refractivity (Wildman–Crippen MR) is 91.0 cm³/mol. The molecule has 1 aromatic rings. The summed E-state index contributed by atoms with van der Waals surface area (Å²) in [5, 5.41) is 9.60. The van der Waals surface area contributed by atoms with Crippen LogP contribution in [0.1, 0.15) is 37.7 Å². The molecule has 0 radical (unpaired) electrons. The number of carboxylic acid groups (broad SMARTS) is 1. The Morgan fingerprint density at radius 3 is 2.79 bits per heavy atom. The summed E-state index contributed by atoms with van der Waals surface area (Å²) < 4.78 is 0. The zero-order valence-corrected chi connectivity index (χ0v) is 13.9. The summed E-state index contributed by atoms with van der Waals surface area (Å²) in [6.07, 6.45) is 6.05. The van der Waals surface area contributed by atoms with Crippen molar-refractivity contribution >= 4 is 17.6 Å². The molecule has 0 spiro atoms. The SMILES string of the molecule is O=C(O)[C@@H]1C[C@@H]2CCCC[C@@H]2N1CC(=O)N1CCc2ccccc21. The molecule has 1 N–H and O–H groups in total. The van der Waals surface area contributed by atoms with Gasteiger partial charge in [0.05, 0.1) is 6.54 Å². The maximum Gasteiger partial charge on any atom is 0.320 e. The van der Waals surface area contributed by atoms with E-state index in [1.807, 2.05) is 28.0 Å². The van der Waals surface area contributed by atoms with E-state index in [0.717, 1.165) is 31.4 Å². The van der Waals surface area contributed by atoms with Crippen LogP contribution in [0.5, 0.6) is 0 Å². The van der Waals surface area contributed by atoms with Crippen molar-refractivity contribution in [2.75, 3.05) is 18.0 Å². The van der Waals surface area contributed by atoms with E-state index >= 15 is 0 Å². The molecule has 1 aliphatic carbocycles. The molecule has 2 heterocycles. The molecular weight excluding hydrogens is 304 g/mol. The standard InChI is InChI=1S/C19H24N2O3/c22-18(20-10-9-13-5-1-3-7-15(13)20)12-21-16-8-4-2-6-14(16)11-17(21)19(23)24/h1,3,5,7,14,16-17H,2,4,6,8-12H2,(H,23,24)/t14-,16-,17-/m0/s1. The largest absolute Gasteiger partial charge is 0.480 e. The summed E-state index contributed by atoms with van der Waals surface area (Å²) in [6.45, 7) is 0.935. The zero-order chi connectivity index (χ0) is 16.7. The first kappa shape index (κ1) is 15.6. The van der Waals surface area contributed by atoms with Crippen LogP contribution in [0.25, 0.3) is 0 Å². The maximum atomic E-state index is 12.9. The second kappa shape index (κ2) is 6.20. The smallest absolute Gasteiger partial charge is 0.320 e. The van der Waals surface area contributed by atoms with Gasteiger partial charge >= 0.3 is 5.97 Å². The van der Waals surface area contributed by atoms with Gasteiger partial charge in [-0.1, -0.05) is 31.0 Å². The van der Waals surface area contributed by atoms with Crippen LogP contribution < -0.4 is 4.90 Å². The van der Waals surface area contributed by atoms with Gasteiger partial charge < -0.3 is 10.0 Å². The molecule has 128 valence electrons. The topological polar surface area (TPSA) is 60.9 Å². The lowest BCUT2D eigenvalue weighted by atomic mass is 9.85. The summed E-state index contributed by atoms with van der Waals surface area (Å²) >= 11 is 0. The fraction of sp³-hybridized carbons (Fsp3) is 0.579. The minimum absolute atomic E-state index is 0.0393. The second-order valence-electron chi connectivity index (χ2n) is 7.30. The van der Waals surface area contributed by atoms with E-state index in [-0.39, 0.29) is 18.5 Å². The Hall–Kier alpha value is -1.88. The van der Waals surface area contributed by atoms with E-state index in [2.05, 4.69) is 6.07 Å². The average molecular weight is 328 g/mol. The number of para-hydroxylation sites is 1. The van der Waals surface area contributed by atoms with Crippen LogP contribution in [0.15, 0.2) is 24.3 Å². The van der Waals surface area contributed by atoms with Gasteiger partial charge in [-0.05, 0) is 43.2 Å². The fourth-order valence-corrected chi connectivity index (χ4v) is 4.86. The summed E-state index contributed by atoms with van der Waals surface area (Å²) in [6, 6.07) is 7.78. The fourth-order valence-electron chi connectivity index (χ4n) is 4.86. The number of likely N-dealkylation sites (tertiary alicyclic amines) is 1. The number of hydrogen-bond donors (Lipinski definition) is 1. The number of carboxylic acids is 1. The molecule has 4 rings (SSSR count). The van der Waals surface area contributed by atoms with Gasteiger partial charge in [-0.2, -0.15) is 0 Å². The van der Waals surface area contributed by atoms with Gasteiger partial charge in [0.25, 0.3) is 0 Å². The number of carbonyl (C=O) groups is 2. The third kappa shape index (κ3) is 2.61. The Labute approximate surface area is 142 Å². The molecule has 1 aromatic carbocycles. The summed E-state index contributed by atoms with van der Waals surface area (Å²) in [5.74, 6) is -0.296. The molecule has 5 nitrogen and oxygen atoms in total. The second-order valence-corrected chi connectivity index (χ2v) is 7.30. The average Bonchev–Trinajstić information content (AvgIpc) is 3.17. The molecule has 3 atom stereocenters. The van der Waals surface area contributed by atoms with Crippen molar-refractivity contribution < 1.29 is 14.7 Å². The van der Waals surface area contributed by atoms with Crippen molar-refractivity contribution in [3.8, 4) is 0 Å². The quantitative estimate of drug-likeness (QED) is 0.925. The van der Waals surface area contributed by atoms with Gasteiger partial charge in [0.15, 0.2) is 0 Å². The Morgan fingerprint density at radius 1 is 1.17 bits per heavy atom. The lowest BCUT2D eigenvalue weighted by Crippen LogP contribution is -2.48. The lowest BCUT2D eigenvalue weighted by molar-refractivity contribution is -0.143. The number of fused-ring (bicyclic) bond motifs is 2. The molecule has 5 heteroatoms. The first-order valence-electron chi connectivity index (χ1n) is 9.02. The number of rotatable bonds is 3.